The summed E-state index contributed by atoms with van der Waals surface area (Å²) in [4.78, 5) is 11.1. The fourth-order valence-electron chi connectivity index (χ4n) is 3.60. The molecule has 0 amide bonds. The van der Waals surface area contributed by atoms with Crippen molar-refractivity contribution in [1.29, 1.82) is 0 Å². The Balaban J connectivity index is 1.90. The molecule has 0 radical (unpaired) electrons. The number of hydrogen-bond donors (Lipinski definition) is 1. The number of benzene rings is 1. The van der Waals surface area contributed by atoms with Crippen molar-refractivity contribution < 1.29 is 9.90 Å². The molecule has 0 aliphatic heterocycles. The largest absolute Gasteiger partial charge is 0.481 e. The van der Waals surface area contributed by atoms with E-state index in [1.54, 1.807) is 0 Å². The summed E-state index contributed by atoms with van der Waals surface area (Å²) >= 11 is 0. The molecule has 0 bridgehead atoms. The predicted molar refractivity (Wildman–Crippen MR) is 61.2 cm³/mol. The van der Waals surface area contributed by atoms with Gasteiger partial charge in [0.2, 0.25) is 0 Å². The van der Waals surface area contributed by atoms with E-state index in [0.29, 0.717) is 5.92 Å². The van der Waals surface area contributed by atoms with Gasteiger partial charge in [-0.05, 0) is 36.2 Å². The number of aliphatic carboxylic acids is 1. The predicted octanol–water partition coefficient (Wildman–Crippen LogP) is 3.05. The average Bonchev–Trinajstić information content (AvgIpc) is 2.85. The molecule has 2 fully saturated rings. The molecule has 1 spiro atoms. The lowest BCUT2D eigenvalue weighted by molar-refractivity contribution is -0.139. The van der Waals surface area contributed by atoms with E-state index in [4.69, 9.17) is 5.11 Å². The molecule has 2 heteroatoms. The summed E-state index contributed by atoms with van der Waals surface area (Å²) in [6.07, 6.45) is 4.34. The van der Waals surface area contributed by atoms with Crippen LogP contribution in [0.15, 0.2) is 30.3 Å². The Kier molecular flexibility index (Phi) is 2.06. The van der Waals surface area contributed by atoms with Crippen molar-refractivity contribution in [3.05, 3.63) is 35.9 Å². The first kappa shape index (κ1) is 9.88. The second kappa shape index (κ2) is 3.34. The van der Waals surface area contributed by atoms with Gasteiger partial charge in [-0.15, -0.1) is 0 Å². The second-order valence-electron chi connectivity index (χ2n) is 5.18. The fourth-order valence-corrected chi connectivity index (χ4v) is 3.60. The molecule has 3 rings (SSSR count). The van der Waals surface area contributed by atoms with Crippen molar-refractivity contribution in [3.8, 4) is 0 Å². The van der Waals surface area contributed by atoms with Crippen LogP contribution in [0.1, 0.15) is 37.2 Å². The topological polar surface area (TPSA) is 37.3 Å². The molecule has 2 aliphatic carbocycles. The first-order valence-electron chi connectivity index (χ1n) is 6.02. The monoisotopic (exact) mass is 216 g/mol. The Bertz CT molecular complexity index is 412. The highest BCUT2D eigenvalue weighted by molar-refractivity contribution is 5.75. The maximum absolute atomic E-state index is 11.1. The summed E-state index contributed by atoms with van der Waals surface area (Å²) in [5, 5.41) is 9.14. The standard InChI is InChI=1S/C14H16O2/c15-13(16)12-9-14(12)8-4-7-11(14)10-5-2-1-3-6-10/h1-3,5-6,11-12H,4,7-9H2,(H,15,16). The highest BCUT2D eigenvalue weighted by atomic mass is 16.4. The highest BCUT2D eigenvalue weighted by Crippen LogP contribution is 2.68. The minimum atomic E-state index is -0.595. The van der Waals surface area contributed by atoms with Gasteiger partial charge in [-0.2, -0.15) is 0 Å². The first-order valence-corrected chi connectivity index (χ1v) is 6.02. The Hall–Kier alpha value is -1.31. The normalized spacial score (nSPS) is 36.5. The second-order valence-corrected chi connectivity index (χ2v) is 5.18. The molecule has 16 heavy (non-hydrogen) atoms. The van der Waals surface area contributed by atoms with Crippen LogP contribution in [0.25, 0.3) is 0 Å². The van der Waals surface area contributed by atoms with Crippen LogP contribution in [0.3, 0.4) is 0 Å². The summed E-state index contributed by atoms with van der Waals surface area (Å²) in [6.45, 7) is 0. The molecule has 2 aliphatic rings. The van der Waals surface area contributed by atoms with Crippen LogP contribution < -0.4 is 0 Å². The maximum Gasteiger partial charge on any atom is 0.307 e. The minimum Gasteiger partial charge on any atom is -0.481 e. The van der Waals surface area contributed by atoms with Gasteiger partial charge in [0.15, 0.2) is 0 Å². The zero-order chi connectivity index (χ0) is 11.2. The van der Waals surface area contributed by atoms with Gasteiger partial charge in [0.25, 0.3) is 0 Å². The zero-order valence-corrected chi connectivity index (χ0v) is 9.23. The van der Waals surface area contributed by atoms with Crippen LogP contribution in [-0.4, -0.2) is 11.1 Å². The number of rotatable bonds is 2. The third-order valence-corrected chi connectivity index (χ3v) is 4.45. The van der Waals surface area contributed by atoms with Crippen molar-refractivity contribution in [1.82, 2.24) is 0 Å². The average molecular weight is 216 g/mol. The van der Waals surface area contributed by atoms with Crippen LogP contribution in [0.5, 0.6) is 0 Å². The number of hydrogen-bond acceptors (Lipinski definition) is 1. The third-order valence-electron chi connectivity index (χ3n) is 4.45. The molecule has 3 unspecified atom stereocenters. The van der Waals surface area contributed by atoms with Gasteiger partial charge in [-0.3, -0.25) is 4.79 Å². The van der Waals surface area contributed by atoms with E-state index in [1.807, 2.05) is 6.07 Å². The Labute approximate surface area is 95.3 Å². The van der Waals surface area contributed by atoms with Gasteiger partial charge in [0.05, 0.1) is 5.92 Å². The molecule has 0 saturated heterocycles. The lowest BCUT2D eigenvalue weighted by Crippen LogP contribution is -2.14. The molecule has 2 nitrogen and oxygen atoms in total. The van der Waals surface area contributed by atoms with Gasteiger partial charge < -0.3 is 5.11 Å². The quantitative estimate of drug-likeness (QED) is 0.825. The van der Waals surface area contributed by atoms with Crippen LogP contribution in [-0.2, 0) is 4.79 Å². The van der Waals surface area contributed by atoms with E-state index >= 15 is 0 Å². The first-order chi connectivity index (χ1) is 7.74. The molecule has 3 atom stereocenters. The van der Waals surface area contributed by atoms with Gasteiger partial charge >= 0.3 is 5.97 Å². The lowest BCUT2D eigenvalue weighted by Gasteiger charge is -2.19. The summed E-state index contributed by atoms with van der Waals surface area (Å²) in [6, 6.07) is 10.4. The van der Waals surface area contributed by atoms with Crippen molar-refractivity contribution in [3.63, 3.8) is 0 Å². The van der Waals surface area contributed by atoms with Gasteiger partial charge in [-0.25, -0.2) is 0 Å². The molecule has 1 aromatic carbocycles. The SMILES string of the molecule is O=C(O)C1CC12CCCC2c1ccccc1. The molecule has 0 aromatic heterocycles. The van der Waals surface area contributed by atoms with Gasteiger partial charge in [0, 0.05) is 0 Å². The minimum absolute atomic E-state index is 0.0831. The fraction of sp³-hybridized carbons (Fsp3) is 0.500. The molecule has 84 valence electrons. The van der Waals surface area contributed by atoms with E-state index in [2.05, 4.69) is 24.3 Å². The maximum atomic E-state index is 11.1. The number of carboxylic acid groups (broad SMARTS) is 1. The zero-order valence-electron chi connectivity index (χ0n) is 9.23. The molecule has 1 N–H and O–H groups in total. The molecular weight excluding hydrogens is 200 g/mol. The van der Waals surface area contributed by atoms with Crippen LogP contribution in [0.4, 0.5) is 0 Å². The van der Waals surface area contributed by atoms with E-state index in [0.717, 1.165) is 19.3 Å². The van der Waals surface area contributed by atoms with E-state index in [-0.39, 0.29) is 11.3 Å². The number of carbonyl (C=O) groups is 1. The van der Waals surface area contributed by atoms with Crippen LogP contribution in [0, 0.1) is 11.3 Å². The van der Waals surface area contributed by atoms with Crippen molar-refractivity contribution >= 4 is 5.97 Å². The lowest BCUT2D eigenvalue weighted by atomic mass is 9.84. The van der Waals surface area contributed by atoms with Gasteiger partial charge in [-0.1, -0.05) is 36.8 Å². The van der Waals surface area contributed by atoms with Crippen molar-refractivity contribution in [2.75, 3.05) is 0 Å². The van der Waals surface area contributed by atoms with E-state index in [1.165, 1.54) is 12.0 Å². The molecule has 2 saturated carbocycles. The van der Waals surface area contributed by atoms with Gasteiger partial charge in [0.1, 0.15) is 0 Å². The van der Waals surface area contributed by atoms with Crippen LogP contribution in [0.2, 0.25) is 0 Å². The summed E-state index contributed by atoms with van der Waals surface area (Å²) in [7, 11) is 0. The van der Waals surface area contributed by atoms with E-state index in [9.17, 15) is 4.79 Å². The molecule has 1 aromatic rings. The number of carboxylic acids is 1. The van der Waals surface area contributed by atoms with Crippen molar-refractivity contribution in [2.45, 2.75) is 31.6 Å². The highest BCUT2D eigenvalue weighted by Gasteiger charge is 2.64. The van der Waals surface area contributed by atoms with Crippen LogP contribution >= 0.6 is 0 Å². The molecular formula is C14H16O2. The Morgan fingerprint density at radius 2 is 2.06 bits per heavy atom. The Morgan fingerprint density at radius 1 is 1.31 bits per heavy atom. The third kappa shape index (κ3) is 1.29. The van der Waals surface area contributed by atoms with E-state index < -0.39 is 5.97 Å². The summed E-state index contributed by atoms with van der Waals surface area (Å²) in [5.41, 5.74) is 1.44. The summed E-state index contributed by atoms with van der Waals surface area (Å²) in [5.74, 6) is -0.196. The summed E-state index contributed by atoms with van der Waals surface area (Å²) < 4.78 is 0. The molecule has 0 heterocycles. The Morgan fingerprint density at radius 3 is 2.69 bits per heavy atom. The van der Waals surface area contributed by atoms with Crippen molar-refractivity contribution in [2.24, 2.45) is 11.3 Å². The smallest absolute Gasteiger partial charge is 0.307 e.